The van der Waals surface area contributed by atoms with Crippen LogP contribution in [-0.4, -0.2) is 19.8 Å². The van der Waals surface area contributed by atoms with Crippen molar-refractivity contribution in [2.45, 2.75) is 25.6 Å². The predicted molar refractivity (Wildman–Crippen MR) is 70.1 cm³/mol. The molecule has 1 aromatic rings. The van der Waals surface area contributed by atoms with Crippen LogP contribution >= 0.6 is 23.2 Å². The van der Waals surface area contributed by atoms with Crippen LogP contribution in [-0.2, 0) is 0 Å². The Morgan fingerprint density at radius 1 is 1.26 bits per heavy atom. The summed E-state index contributed by atoms with van der Waals surface area (Å²) >= 11 is 12.0. The van der Waals surface area contributed by atoms with E-state index in [1.807, 2.05) is 0 Å². The van der Waals surface area contributed by atoms with E-state index in [4.69, 9.17) is 27.9 Å². The predicted octanol–water partition coefficient (Wildman–Crippen LogP) is 4.61. The van der Waals surface area contributed by atoms with Gasteiger partial charge in [-0.05, 0) is 25.6 Å². The van der Waals surface area contributed by atoms with E-state index in [-0.39, 0.29) is 10.0 Å². The summed E-state index contributed by atoms with van der Waals surface area (Å²) in [4.78, 5) is 0. The Kier molecular flexibility index (Phi) is 5.77. The summed E-state index contributed by atoms with van der Waals surface area (Å²) in [7, 11) is 1.44. The first-order valence-electron chi connectivity index (χ1n) is 5.64. The fourth-order valence-corrected chi connectivity index (χ4v) is 2.19. The van der Waals surface area contributed by atoms with Crippen molar-refractivity contribution in [3.8, 4) is 5.75 Å². The van der Waals surface area contributed by atoms with Gasteiger partial charge in [0.15, 0.2) is 0 Å². The smallest absolute Gasteiger partial charge is 0.390 e. The zero-order valence-corrected chi connectivity index (χ0v) is 12.0. The largest absolute Gasteiger partial charge is 0.492 e. The lowest BCUT2D eigenvalue weighted by atomic mass is 10.0. The summed E-state index contributed by atoms with van der Waals surface area (Å²) in [5.74, 6) is 0.361. The van der Waals surface area contributed by atoms with Crippen molar-refractivity contribution < 1.29 is 17.9 Å². The fourth-order valence-electron chi connectivity index (χ4n) is 1.68. The molecule has 0 heterocycles. The monoisotopic (exact) mass is 315 g/mol. The zero-order valence-electron chi connectivity index (χ0n) is 10.4. The average Bonchev–Trinajstić information content (AvgIpc) is 2.30. The molecule has 0 radical (unpaired) electrons. The van der Waals surface area contributed by atoms with Gasteiger partial charge in [0.1, 0.15) is 5.75 Å². The number of hydrogen-bond acceptors (Lipinski definition) is 2. The van der Waals surface area contributed by atoms with E-state index >= 15 is 0 Å². The van der Waals surface area contributed by atoms with Gasteiger partial charge in [-0.25, -0.2) is 0 Å². The van der Waals surface area contributed by atoms with Crippen molar-refractivity contribution in [2.75, 3.05) is 13.7 Å². The molecule has 0 bridgehead atoms. The van der Waals surface area contributed by atoms with E-state index in [2.05, 4.69) is 5.32 Å². The average molecular weight is 316 g/mol. The van der Waals surface area contributed by atoms with Gasteiger partial charge in [0, 0.05) is 17.1 Å². The Morgan fingerprint density at radius 2 is 1.89 bits per heavy atom. The highest BCUT2D eigenvalue weighted by molar-refractivity contribution is 6.34. The van der Waals surface area contributed by atoms with Crippen molar-refractivity contribution in [3.63, 3.8) is 0 Å². The molecule has 1 aromatic carbocycles. The number of hydrogen-bond donors (Lipinski definition) is 1. The van der Waals surface area contributed by atoms with E-state index in [1.54, 1.807) is 6.92 Å². The third kappa shape index (κ3) is 4.75. The van der Waals surface area contributed by atoms with E-state index in [9.17, 15) is 13.2 Å². The molecule has 0 aromatic heterocycles. The maximum absolute atomic E-state index is 12.5. The Labute approximate surface area is 119 Å². The first-order valence-corrected chi connectivity index (χ1v) is 6.39. The van der Waals surface area contributed by atoms with Crippen LogP contribution in [0.5, 0.6) is 5.75 Å². The van der Waals surface area contributed by atoms with Gasteiger partial charge in [0.2, 0.25) is 0 Å². The Morgan fingerprint density at radius 3 is 2.37 bits per heavy atom. The molecular formula is C12H14Cl2F3NO. The quantitative estimate of drug-likeness (QED) is 0.857. The molecule has 7 heteroatoms. The third-order valence-corrected chi connectivity index (χ3v) is 3.13. The number of halogens is 5. The van der Waals surface area contributed by atoms with Crippen LogP contribution in [0.2, 0.25) is 10.0 Å². The second-order valence-electron chi connectivity index (χ2n) is 3.90. The maximum Gasteiger partial charge on any atom is 0.390 e. The van der Waals surface area contributed by atoms with Crippen LogP contribution in [0.1, 0.15) is 24.9 Å². The lowest BCUT2D eigenvalue weighted by Gasteiger charge is -2.20. The molecule has 0 amide bonds. The molecule has 19 heavy (non-hydrogen) atoms. The number of rotatable bonds is 5. The first kappa shape index (κ1) is 16.4. The lowest BCUT2D eigenvalue weighted by molar-refractivity contribution is -0.140. The molecular weight excluding hydrogens is 302 g/mol. The summed E-state index contributed by atoms with van der Waals surface area (Å²) in [6, 6.07) is 1.89. The number of benzene rings is 1. The van der Waals surface area contributed by atoms with Crippen LogP contribution in [0, 0.1) is 0 Å². The van der Waals surface area contributed by atoms with Gasteiger partial charge in [-0.2, -0.15) is 13.2 Å². The Bertz CT molecular complexity index is 438. The molecule has 1 unspecified atom stereocenters. The second-order valence-corrected chi connectivity index (χ2v) is 4.71. The van der Waals surface area contributed by atoms with E-state index < -0.39 is 18.6 Å². The van der Waals surface area contributed by atoms with Gasteiger partial charge in [0.25, 0.3) is 0 Å². The zero-order chi connectivity index (χ0) is 14.6. The van der Waals surface area contributed by atoms with Crippen molar-refractivity contribution in [3.05, 3.63) is 27.7 Å². The van der Waals surface area contributed by atoms with Crippen molar-refractivity contribution in [1.82, 2.24) is 5.32 Å². The maximum atomic E-state index is 12.5. The Hall–Kier alpha value is -0.650. The van der Waals surface area contributed by atoms with Crippen molar-refractivity contribution >= 4 is 23.2 Å². The number of ether oxygens (including phenoxy) is 1. The van der Waals surface area contributed by atoms with Crippen LogP contribution in [0.15, 0.2) is 12.1 Å². The van der Waals surface area contributed by atoms with Gasteiger partial charge in [-0.3, -0.25) is 0 Å². The number of nitrogens with one attached hydrogen (secondary N) is 1. The van der Waals surface area contributed by atoms with E-state index in [1.165, 1.54) is 19.2 Å². The summed E-state index contributed by atoms with van der Waals surface area (Å²) in [6.45, 7) is 2.17. The van der Waals surface area contributed by atoms with Gasteiger partial charge in [0.05, 0.1) is 18.1 Å². The summed E-state index contributed by atoms with van der Waals surface area (Å²) in [5, 5.41) is 3.02. The SMILES string of the molecule is CCOc1cc(Cl)c(C(CC(F)(F)F)NC)cc1Cl. The summed E-state index contributed by atoms with van der Waals surface area (Å²) in [6.07, 6.45) is -5.31. The van der Waals surface area contributed by atoms with Crippen LogP contribution in [0.25, 0.3) is 0 Å². The van der Waals surface area contributed by atoms with Gasteiger partial charge in [-0.1, -0.05) is 23.2 Å². The molecule has 0 aliphatic heterocycles. The molecule has 0 saturated carbocycles. The molecule has 1 N–H and O–H groups in total. The summed E-state index contributed by atoms with van der Waals surface area (Å²) < 4.78 is 42.6. The molecule has 0 aliphatic rings. The molecule has 108 valence electrons. The molecule has 1 atom stereocenters. The second kappa shape index (κ2) is 6.68. The summed E-state index contributed by atoms with van der Waals surface area (Å²) in [5.41, 5.74) is 0.301. The molecule has 0 saturated heterocycles. The minimum Gasteiger partial charge on any atom is -0.492 e. The minimum atomic E-state index is -4.29. The van der Waals surface area contributed by atoms with E-state index in [0.29, 0.717) is 17.9 Å². The lowest BCUT2D eigenvalue weighted by Crippen LogP contribution is -2.24. The fraction of sp³-hybridized carbons (Fsp3) is 0.500. The van der Waals surface area contributed by atoms with Gasteiger partial charge in [-0.15, -0.1) is 0 Å². The van der Waals surface area contributed by atoms with Crippen LogP contribution in [0.3, 0.4) is 0 Å². The highest BCUT2D eigenvalue weighted by Gasteiger charge is 2.33. The van der Waals surface area contributed by atoms with Crippen LogP contribution in [0.4, 0.5) is 13.2 Å². The van der Waals surface area contributed by atoms with Crippen molar-refractivity contribution in [1.29, 1.82) is 0 Å². The highest BCUT2D eigenvalue weighted by atomic mass is 35.5. The third-order valence-electron chi connectivity index (χ3n) is 2.51. The van der Waals surface area contributed by atoms with Gasteiger partial charge < -0.3 is 10.1 Å². The normalized spacial score (nSPS) is 13.4. The Balaban J connectivity index is 3.08. The topological polar surface area (TPSA) is 21.3 Å². The molecule has 1 rings (SSSR count). The van der Waals surface area contributed by atoms with Crippen molar-refractivity contribution in [2.24, 2.45) is 0 Å². The standard InChI is InChI=1S/C12H14Cl2F3NO/c1-3-19-11-5-8(13)7(4-9(11)14)10(18-2)6-12(15,16)17/h4-5,10,18H,3,6H2,1-2H3. The van der Waals surface area contributed by atoms with Gasteiger partial charge >= 0.3 is 6.18 Å². The minimum absolute atomic E-state index is 0.191. The first-order chi connectivity index (χ1) is 8.78. The van der Waals surface area contributed by atoms with Crippen LogP contribution < -0.4 is 10.1 Å². The molecule has 0 fully saturated rings. The molecule has 2 nitrogen and oxygen atoms in total. The number of alkyl halides is 3. The molecule has 0 spiro atoms. The highest BCUT2D eigenvalue weighted by Crippen LogP contribution is 2.37. The van der Waals surface area contributed by atoms with E-state index in [0.717, 1.165) is 0 Å². The molecule has 0 aliphatic carbocycles.